The van der Waals surface area contributed by atoms with Crippen molar-refractivity contribution in [1.82, 2.24) is 5.32 Å². The van der Waals surface area contributed by atoms with Crippen molar-refractivity contribution in [3.05, 3.63) is 24.3 Å². The summed E-state index contributed by atoms with van der Waals surface area (Å²) in [5, 5.41) is 15.9. The Morgan fingerprint density at radius 1 is 1.29 bits per heavy atom. The summed E-state index contributed by atoms with van der Waals surface area (Å²) >= 11 is 5.10. The molecule has 1 aliphatic carbocycles. The lowest BCUT2D eigenvalue weighted by Crippen LogP contribution is -2.29. The summed E-state index contributed by atoms with van der Waals surface area (Å²) in [6.45, 7) is 0. The maximum atomic E-state index is 9.07. The van der Waals surface area contributed by atoms with Crippen LogP contribution in [-0.4, -0.2) is 16.3 Å². The highest BCUT2D eigenvalue weighted by Gasteiger charge is 2.21. The molecule has 0 saturated heterocycles. The highest BCUT2D eigenvalue weighted by molar-refractivity contribution is 7.80. The molecule has 0 spiro atoms. The lowest BCUT2D eigenvalue weighted by Gasteiger charge is -2.09. The van der Waals surface area contributed by atoms with E-state index in [0.29, 0.717) is 11.2 Å². The topological polar surface area (TPSA) is 44.3 Å². The van der Waals surface area contributed by atoms with E-state index < -0.39 is 0 Å². The molecule has 3 nitrogen and oxygen atoms in total. The second kappa shape index (κ2) is 3.84. The largest absolute Gasteiger partial charge is 0.508 e. The van der Waals surface area contributed by atoms with Gasteiger partial charge in [0.15, 0.2) is 5.11 Å². The van der Waals surface area contributed by atoms with Gasteiger partial charge in [0, 0.05) is 11.7 Å². The molecule has 0 bridgehead atoms. The fraction of sp³-hybridized carbons (Fsp3) is 0.300. The molecule has 2 rings (SSSR count). The van der Waals surface area contributed by atoms with Crippen LogP contribution in [0.5, 0.6) is 5.75 Å². The molecular weight excluding hydrogens is 196 g/mol. The summed E-state index contributed by atoms with van der Waals surface area (Å²) in [6, 6.07) is 7.39. The van der Waals surface area contributed by atoms with Gasteiger partial charge in [-0.25, -0.2) is 0 Å². The molecular formula is C10H12N2OS. The van der Waals surface area contributed by atoms with Crippen LogP contribution in [0.15, 0.2) is 24.3 Å². The van der Waals surface area contributed by atoms with E-state index >= 15 is 0 Å². The molecule has 0 amide bonds. The van der Waals surface area contributed by atoms with Crippen molar-refractivity contribution in [2.24, 2.45) is 0 Å². The van der Waals surface area contributed by atoms with Gasteiger partial charge in [0.25, 0.3) is 0 Å². The lowest BCUT2D eigenvalue weighted by atomic mass is 10.3. The molecule has 1 aromatic carbocycles. The Morgan fingerprint density at radius 2 is 1.93 bits per heavy atom. The Bertz CT molecular complexity index is 332. The SMILES string of the molecule is Oc1ccc(NC(=S)NC2CC2)cc1. The third-order valence-electron chi connectivity index (χ3n) is 2.04. The van der Waals surface area contributed by atoms with Gasteiger partial charge in [-0.3, -0.25) is 0 Å². The summed E-state index contributed by atoms with van der Waals surface area (Å²) in [5.41, 5.74) is 0.890. The molecule has 0 radical (unpaired) electrons. The van der Waals surface area contributed by atoms with Crippen molar-refractivity contribution in [3.8, 4) is 5.75 Å². The van der Waals surface area contributed by atoms with Gasteiger partial charge in [-0.05, 0) is 49.3 Å². The zero-order chi connectivity index (χ0) is 9.97. The number of phenols is 1. The van der Waals surface area contributed by atoms with Gasteiger partial charge in [0.05, 0.1) is 0 Å². The van der Waals surface area contributed by atoms with E-state index in [1.807, 2.05) is 0 Å². The Morgan fingerprint density at radius 3 is 2.50 bits per heavy atom. The van der Waals surface area contributed by atoms with Gasteiger partial charge in [-0.2, -0.15) is 0 Å². The van der Waals surface area contributed by atoms with Crippen LogP contribution in [0.2, 0.25) is 0 Å². The summed E-state index contributed by atoms with van der Waals surface area (Å²) in [6.07, 6.45) is 2.41. The number of hydrogen-bond donors (Lipinski definition) is 3. The molecule has 0 heterocycles. The third kappa shape index (κ3) is 2.60. The average Bonchev–Trinajstić information content (AvgIpc) is 2.93. The van der Waals surface area contributed by atoms with Crippen LogP contribution < -0.4 is 10.6 Å². The van der Waals surface area contributed by atoms with Crippen LogP contribution in [0.3, 0.4) is 0 Å². The standard InChI is InChI=1S/C10H12N2OS/c13-9-5-3-8(4-6-9)12-10(14)11-7-1-2-7/h3-7,13H,1-2H2,(H2,11,12,14). The molecule has 1 aromatic rings. The van der Waals surface area contributed by atoms with Crippen molar-refractivity contribution in [1.29, 1.82) is 0 Å². The summed E-state index contributed by atoms with van der Waals surface area (Å²) in [7, 11) is 0. The minimum absolute atomic E-state index is 0.261. The predicted octanol–water partition coefficient (Wildman–Crippen LogP) is 1.84. The first-order valence-corrected chi connectivity index (χ1v) is 5.01. The number of phenolic OH excluding ortho intramolecular Hbond substituents is 1. The first kappa shape index (κ1) is 9.27. The second-order valence-electron chi connectivity index (χ2n) is 3.42. The van der Waals surface area contributed by atoms with Gasteiger partial charge in [-0.1, -0.05) is 0 Å². The molecule has 1 aliphatic rings. The molecule has 0 unspecified atom stereocenters. The first-order valence-electron chi connectivity index (χ1n) is 4.60. The highest BCUT2D eigenvalue weighted by atomic mass is 32.1. The van der Waals surface area contributed by atoms with Gasteiger partial charge < -0.3 is 15.7 Å². The number of aromatic hydroxyl groups is 1. The number of nitrogens with one attached hydrogen (secondary N) is 2. The number of anilines is 1. The zero-order valence-corrected chi connectivity index (χ0v) is 8.47. The molecule has 1 fully saturated rings. The van der Waals surface area contributed by atoms with E-state index in [1.54, 1.807) is 24.3 Å². The smallest absolute Gasteiger partial charge is 0.170 e. The van der Waals surface area contributed by atoms with Gasteiger partial charge >= 0.3 is 0 Å². The van der Waals surface area contributed by atoms with E-state index in [1.165, 1.54) is 12.8 Å². The maximum Gasteiger partial charge on any atom is 0.170 e. The van der Waals surface area contributed by atoms with E-state index in [0.717, 1.165) is 5.69 Å². The van der Waals surface area contributed by atoms with Crippen molar-refractivity contribution in [2.75, 3.05) is 5.32 Å². The van der Waals surface area contributed by atoms with Crippen molar-refractivity contribution in [3.63, 3.8) is 0 Å². The molecule has 14 heavy (non-hydrogen) atoms. The molecule has 4 heteroatoms. The molecule has 0 aromatic heterocycles. The quantitative estimate of drug-likeness (QED) is 0.512. The first-order chi connectivity index (χ1) is 6.74. The van der Waals surface area contributed by atoms with Gasteiger partial charge in [0.2, 0.25) is 0 Å². The molecule has 1 saturated carbocycles. The monoisotopic (exact) mass is 208 g/mol. The minimum atomic E-state index is 0.261. The third-order valence-corrected chi connectivity index (χ3v) is 2.26. The number of rotatable bonds is 2. The fourth-order valence-electron chi connectivity index (χ4n) is 1.13. The van der Waals surface area contributed by atoms with Crippen molar-refractivity contribution >= 4 is 23.0 Å². The van der Waals surface area contributed by atoms with Crippen LogP contribution >= 0.6 is 12.2 Å². The van der Waals surface area contributed by atoms with Crippen LogP contribution in [0.1, 0.15) is 12.8 Å². The predicted molar refractivity (Wildman–Crippen MR) is 60.5 cm³/mol. The second-order valence-corrected chi connectivity index (χ2v) is 3.83. The van der Waals surface area contributed by atoms with Crippen molar-refractivity contribution < 1.29 is 5.11 Å². The molecule has 0 atom stereocenters. The maximum absolute atomic E-state index is 9.07. The van der Waals surface area contributed by atoms with Gasteiger partial charge in [-0.15, -0.1) is 0 Å². The van der Waals surface area contributed by atoms with E-state index in [4.69, 9.17) is 17.3 Å². The summed E-state index contributed by atoms with van der Waals surface area (Å²) < 4.78 is 0. The molecule has 3 N–H and O–H groups in total. The van der Waals surface area contributed by atoms with E-state index in [-0.39, 0.29) is 5.75 Å². The van der Waals surface area contributed by atoms with Crippen LogP contribution in [0, 0.1) is 0 Å². The van der Waals surface area contributed by atoms with Crippen molar-refractivity contribution in [2.45, 2.75) is 18.9 Å². The number of hydrogen-bond acceptors (Lipinski definition) is 2. The van der Waals surface area contributed by atoms with Crippen LogP contribution in [0.4, 0.5) is 5.69 Å². The minimum Gasteiger partial charge on any atom is -0.508 e. The Hall–Kier alpha value is -1.29. The normalized spacial score (nSPS) is 14.9. The number of benzene rings is 1. The highest BCUT2D eigenvalue weighted by Crippen LogP contribution is 2.19. The molecule has 0 aliphatic heterocycles. The van der Waals surface area contributed by atoms with E-state index in [9.17, 15) is 0 Å². The zero-order valence-electron chi connectivity index (χ0n) is 7.66. The molecule has 74 valence electrons. The Labute approximate surface area is 88.1 Å². The lowest BCUT2D eigenvalue weighted by molar-refractivity contribution is 0.475. The average molecular weight is 208 g/mol. The summed E-state index contributed by atoms with van der Waals surface area (Å²) in [5.74, 6) is 0.261. The Kier molecular flexibility index (Phi) is 2.54. The van der Waals surface area contributed by atoms with E-state index in [2.05, 4.69) is 10.6 Å². The van der Waals surface area contributed by atoms with Crippen LogP contribution in [0.25, 0.3) is 0 Å². The summed E-state index contributed by atoms with van der Waals surface area (Å²) in [4.78, 5) is 0. The Balaban J connectivity index is 1.89. The fourth-order valence-corrected chi connectivity index (χ4v) is 1.41. The van der Waals surface area contributed by atoms with Crippen LogP contribution in [-0.2, 0) is 0 Å². The number of thiocarbonyl (C=S) groups is 1. The van der Waals surface area contributed by atoms with Gasteiger partial charge in [0.1, 0.15) is 5.75 Å².